The third kappa shape index (κ3) is 1.66. The van der Waals surface area contributed by atoms with Crippen molar-refractivity contribution in [2.45, 2.75) is 13.6 Å². The minimum atomic E-state index is 0.112. The molecule has 0 fully saturated rings. The van der Waals surface area contributed by atoms with Gasteiger partial charge in [0, 0.05) is 22.7 Å². The molecule has 0 aliphatic carbocycles. The van der Waals surface area contributed by atoms with E-state index in [1.807, 2.05) is 42.1 Å². The zero-order valence-corrected chi connectivity index (χ0v) is 8.95. The molecular formula is C12H14N2O. The summed E-state index contributed by atoms with van der Waals surface area (Å²) in [6.45, 7) is 2.32. The van der Waals surface area contributed by atoms with E-state index in [1.165, 1.54) is 0 Å². The van der Waals surface area contributed by atoms with E-state index in [0.29, 0.717) is 6.67 Å². The van der Waals surface area contributed by atoms with E-state index in [9.17, 15) is 4.79 Å². The van der Waals surface area contributed by atoms with Crippen molar-refractivity contribution in [1.82, 2.24) is 9.88 Å². The van der Waals surface area contributed by atoms with Gasteiger partial charge in [-0.2, -0.15) is 0 Å². The number of para-hydroxylation sites is 1. The second-order valence-corrected chi connectivity index (χ2v) is 3.60. The summed E-state index contributed by atoms with van der Waals surface area (Å²) in [6, 6.07) is 7.95. The molecule has 0 radical (unpaired) electrons. The zero-order valence-electron chi connectivity index (χ0n) is 8.95. The molecule has 1 N–H and O–H groups in total. The number of nitrogens with zero attached hydrogens (tertiary/aromatic N) is 1. The number of carbonyl (C=O) groups is 1. The summed E-state index contributed by atoms with van der Waals surface area (Å²) in [4.78, 5) is 11.4. The average Bonchev–Trinajstić information content (AvgIpc) is 2.59. The molecule has 1 aromatic carbocycles. The van der Waals surface area contributed by atoms with Crippen LogP contribution in [0.15, 0.2) is 30.5 Å². The molecule has 78 valence electrons. The van der Waals surface area contributed by atoms with Gasteiger partial charge in [-0.15, -0.1) is 0 Å². The molecule has 0 saturated carbocycles. The Bertz CT molecular complexity index is 499. The molecule has 2 aromatic rings. The van der Waals surface area contributed by atoms with Crippen molar-refractivity contribution >= 4 is 16.7 Å². The van der Waals surface area contributed by atoms with Gasteiger partial charge in [0.2, 0.25) is 0 Å². The van der Waals surface area contributed by atoms with Gasteiger partial charge in [-0.05, 0) is 20.0 Å². The molecular weight excluding hydrogens is 188 g/mol. The maximum absolute atomic E-state index is 11.4. The van der Waals surface area contributed by atoms with Gasteiger partial charge in [0.05, 0.1) is 6.67 Å². The Morgan fingerprint density at radius 1 is 1.40 bits per heavy atom. The summed E-state index contributed by atoms with van der Waals surface area (Å²) in [5, 5.41) is 4.11. The Labute approximate surface area is 88.7 Å². The van der Waals surface area contributed by atoms with E-state index < -0.39 is 0 Å². The number of hydrogen-bond donors (Lipinski definition) is 1. The number of benzene rings is 1. The second-order valence-electron chi connectivity index (χ2n) is 3.60. The topological polar surface area (TPSA) is 34.0 Å². The van der Waals surface area contributed by atoms with E-state index in [1.54, 1.807) is 6.92 Å². The van der Waals surface area contributed by atoms with Crippen molar-refractivity contribution in [2.75, 3.05) is 7.05 Å². The molecule has 0 unspecified atom stereocenters. The van der Waals surface area contributed by atoms with Gasteiger partial charge >= 0.3 is 0 Å². The minimum Gasteiger partial charge on any atom is -0.333 e. The molecule has 0 saturated heterocycles. The highest BCUT2D eigenvalue weighted by Crippen LogP contribution is 2.21. The van der Waals surface area contributed by atoms with Gasteiger partial charge in [0.1, 0.15) is 0 Å². The van der Waals surface area contributed by atoms with E-state index in [2.05, 4.69) is 5.32 Å². The number of fused-ring (bicyclic) bond motifs is 1. The fourth-order valence-electron chi connectivity index (χ4n) is 1.83. The summed E-state index contributed by atoms with van der Waals surface area (Å²) in [7, 11) is 1.89. The SMILES string of the molecule is CNCn1cc(C(C)=O)c2ccccc21. The first-order valence-electron chi connectivity index (χ1n) is 4.97. The largest absolute Gasteiger partial charge is 0.333 e. The molecule has 0 aliphatic rings. The van der Waals surface area contributed by atoms with Crippen LogP contribution in [0.4, 0.5) is 0 Å². The molecule has 0 amide bonds. The second kappa shape index (κ2) is 3.87. The molecule has 0 aliphatic heterocycles. The standard InChI is InChI=1S/C12H14N2O/c1-9(15)11-7-14(8-13-2)12-6-4-3-5-10(11)12/h3-7,13H,8H2,1-2H3. The first kappa shape index (κ1) is 9.93. The highest BCUT2D eigenvalue weighted by Gasteiger charge is 2.10. The van der Waals surface area contributed by atoms with Crippen LogP contribution in [0, 0.1) is 0 Å². The fourth-order valence-corrected chi connectivity index (χ4v) is 1.83. The number of carbonyl (C=O) groups excluding carboxylic acids is 1. The Morgan fingerprint density at radius 3 is 2.80 bits per heavy atom. The zero-order chi connectivity index (χ0) is 10.8. The summed E-state index contributed by atoms with van der Waals surface area (Å²) in [5.41, 5.74) is 1.89. The maximum Gasteiger partial charge on any atom is 0.161 e. The van der Waals surface area contributed by atoms with E-state index in [4.69, 9.17) is 0 Å². The molecule has 0 spiro atoms. The number of hydrogen-bond acceptors (Lipinski definition) is 2. The number of aromatic nitrogens is 1. The molecule has 1 aromatic heterocycles. The first-order chi connectivity index (χ1) is 7.24. The predicted molar refractivity (Wildman–Crippen MR) is 61.0 cm³/mol. The normalized spacial score (nSPS) is 10.8. The van der Waals surface area contributed by atoms with Gasteiger partial charge < -0.3 is 9.88 Å². The number of ketones is 1. The van der Waals surface area contributed by atoms with E-state index in [-0.39, 0.29) is 5.78 Å². The van der Waals surface area contributed by atoms with Crippen LogP contribution in [0.3, 0.4) is 0 Å². The molecule has 15 heavy (non-hydrogen) atoms. The maximum atomic E-state index is 11.4. The smallest absolute Gasteiger partial charge is 0.161 e. The Kier molecular flexibility index (Phi) is 2.56. The lowest BCUT2D eigenvalue weighted by atomic mass is 10.1. The third-order valence-electron chi connectivity index (χ3n) is 2.50. The van der Waals surface area contributed by atoms with Crippen LogP contribution in [0.5, 0.6) is 0 Å². The minimum absolute atomic E-state index is 0.112. The molecule has 2 rings (SSSR count). The molecule has 0 atom stereocenters. The monoisotopic (exact) mass is 202 g/mol. The van der Waals surface area contributed by atoms with Crippen LogP contribution >= 0.6 is 0 Å². The third-order valence-corrected chi connectivity index (χ3v) is 2.50. The molecule has 3 heteroatoms. The van der Waals surface area contributed by atoms with Crippen molar-refractivity contribution in [3.8, 4) is 0 Å². The number of nitrogens with one attached hydrogen (secondary N) is 1. The number of Topliss-reactive ketones (excluding diaryl/α,β-unsaturated/α-hetero) is 1. The van der Waals surface area contributed by atoms with Crippen molar-refractivity contribution in [3.05, 3.63) is 36.0 Å². The predicted octanol–water partition coefficient (Wildman–Crippen LogP) is 2.02. The van der Waals surface area contributed by atoms with Crippen LogP contribution < -0.4 is 5.32 Å². The molecule has 0 bridgehead atoms. The van der Waals surface area contributed by atoms with E-state index >= 15 is 0 Å². The lowest BCUT2D eigenvalue weighted by Crippen LogP contribution is -2.11. The first-order valence-corrected chi connectivity index (χ1v) is 4.97. The highest BCUT2D eigenvalue weighted by atomic mass is 16.1. The Balaban J connectivity index is 2.67. The lowest BCUT2D eigenvalue weighted by Gasteiger charge is -2.02. The van der Waals surface area contributed by atoms with Crippen molar-refractivity contribution in [3.63, 3.8) is 0 Å². The van der Waals surface area contributed by atoms with Crippen LogP contribution in [0.1, 0.15) is 17.3 Å². The lowest BCUT2D eigenvalue weighted by molar-refractivity contribution is 0.101. The van der Waals surface area contributed by atoms with Crippen LogP contribution in [0.25, 0.3) is 10.9 Å². The van der Waals surface area contributed by atoms with Gasteiger partial charge in [0.25, 0.3) is 0 Å². The summed E-state index contributed by atoms with van der Waals surface area (Å²) in [5.74, 6) is 0.112. The Morgan fingerprint density at radius 2 is 2.13 bits per heavy atom. The van der Waals surface area contributed by atoms with Crippen LogP contribution in [-0.2, 0) is 6.67 Å². The molecule has 1 heterocycles. The average molecular weight is 202 g/mol. The number of rotatable bonds is 3. The summed E-state index contributed by atoms with van der Waals surface area (Å²) < 4.78 is 2.05. The van der Waals surface area contributed by atoms with Crippen LogP contribution in [0.2, 0.25) is 0 Å². The van der Waals surface area contributed by atoms with Crippen molar-refractivity contribution < 1.29 is 4.79 Å². The highest BCUT2D eigenvalue weighted by molar-refractivity contribution is 6.06. The van der Waals surface area contributed by atoms with Crippen molar-refractivity contribution in [2.24, 2.45) is 0 Å². The molecule has 3 nitrogen and oxygen atoms in total. The van der Waals surface area contributed by atoms with Crippen LogP contribution in [-0.4, -0.2) is 17.4 Å². The Hall–Kier alpha value is -1.61. The quantitative estimate of drug-likeness (QED) is 0.773. The van der Waals surface area contributed by atoms with Gasteiger partial charge in [-0.3, -0.25) is 4.79 Å². The van der Waals surface area contributed by atoms with E-state index in [0.717, 1.165) is 16.5 Å². The van der Waals surface area contributed by atoms with Crippen molar-refractivity contribution in [1.29, 1.82) is 0 Å². The van der Waals surface area contributed by atoms with Gasteiger partial charge in [-0.1, -0.05) is 18.2 Å². The fraction of sp³-hybridized carbons (Fsp3) is 0.250. The van der Waals surface area contributed by atoms with Gasteiger partial charge in [0.15, 0.2) is 5.78 Å². The summed E-state index contributed by atoms with van der Waals surface area (Å²) in [6.07, 6.45) is 1.91. The van der Waals surface area contributed by atoms with Gasteiger partial charge in [-0.25, -0.2) is 0 Å². The summed E-state index contributed by atoms with van der Waals surface area (Å²) >= 11 is 0.